The molecule has 1 aliphatic rings. The second-order valence-corrected chi connectivity index (χ2v) is 5.05. The number of hydrogen-bond donors (Lipinski definition) is 2. The third-order valence-corrected chi connectivity index (χ3v) is 3.53. The van der Waals surface area contributed by atoms with Gasteiger partial charge in [-0.2, -0.15) is 0 Å². The van der Waals surface area contributed by atoms with Crippen LogP contribution in [0, 0.1) is 6.92 Å². The number of benzene rings is 1. The molecular weight excluding hydrogens is 250 g/mol. The Labute approximate surface area is 118 Å². The summed E-state index contributed by atoms with van der Waals surface area (Å²) in [6.07, 6.45) is 2.71. The first kappa shape index (κ1) is 12.8. The molecule has 0 saturated heterocycles. The number of nitrogens with zero attached hydrogens (tertiary/aromatic N) is 1. The van der Waals surface area contributed by atoms with Crippen LogP contribution in [0.2, 0.25) is 0 Å². The maximum absolute atomic E-state index is 12.4. The van der Waals surface area contributed by atoms with Crippen molar-refractivity contribution in [2.24, 2.45) is 0 Å². The van der Waals surface area contributed by atoms with Crippen LogP contribution in [0.25, 0.3) is 0 Å². The Kier molecular flexibility index (Phi) is 3.48. The molecule has 1 amide bonds. The first-order valence-corrected chi connectivity index (χ1v) is 6.79. The fourth-order valence-electron chi connectivity index (χ4n) is 2.48. The maximum atomic E-state index is 12.4. The first-order valence-electron chi connectivity index (χ1n) is 6.79. The summed E-state index contributed by atoms with van der Waals surface area (Å²) in [5, 5.41) is 6.13. The average molecular weight is 267 g/mol. The van der Waals surface area contributed by atoms with Crippen LogP contribution in [-0.2, 0) is 11.2 Å². The van der Waals surface area contributed by atoms with E-state index in [-0.39, 0.29) is 11.9 Å². The molecule has 4 heteroatoms. The van der Waals surface area contributed by atoms with Crippen LogP contribution < -0.4 is 10.6 Å². The number of carbonyl (C=O) groups is 1. The lowest BCUT2D eigenvalue weighted by Gasteiger charge is -2.25. The fourth-order valence-corrected chi connectivity index (χ4v) is 2.48. The highest BCUT2D eigenvalue weighted by atomic mass is 16.2. The molecule has 1 aromatic heterocycles. The average Bonchev–Trinajstić information content (AvgIpc) is 2.49. The quantitative estimate of drug-likeness (QED) is 0.877. The highest BCUT2D eigenvalue weighted by Gasteiger charge is 2.25. The minimum Gasteiger partial charge on any atom is -0.309 e. The zero-order valence-electron chi connectivity index (χ0n) is 11.4. The van der Waals surface area contributed by atoms with Crippen molar-refractivity contribution in [2.45, 2.75) is 19.4 Å². The van der Waals surface area contributed by atoms with Crippen molar-refractivity contribution in [3.05, 3.63) is 59.3 Å². The van der Waals surface area contributed by atoms with Crippen molar-refractivity contribution < 1.29 is 4.79 Å². The summed E-state index contributed by atoms with van der Waals surface area (Å²) in [5.41, 5.74) is 3.37. The van der Waals surface area contributed by atoms with E-state index in [0.717, 1.165) is 24.1 Å². The predicted molar refractivity (Wildman–Crippen MR) is 78.5 cm³/mol. The van der Waals surface area contributed by atoms with E-state index in [4.69, 9.17) is 0 Å². The molecule has 3 rings (SSSR count). The summed E-state index contributed by atoms with van der Waals surface area (Å²) in [6, 6.07) is 11.5. The molecule has 2 aromatic rings. The van der Waals surface area contributed by atoms with Crippen LogP contribution in [0.15, 0.2) is 42.6 Å². The highest BCUT2D eigenvalue weighted by Crippen LogP contribution is 2.23. The summed E-state index contributed by atoms with van der Waals surface area (Å²) < 4.78 is 0. The Morgan fingerprint density at radius 3 is 2.95 bits per heavy atom. The van der Waals surface area contributed by atoms with E-state index >= 15 is 0 Å². The largest absolute Gasteiger partial charge is 0.309 e. The van der Waals surface area contributed by atoms with E-state index in [1.165, 1.54) is 5.56 Å². The van der Waals surface area contributed by atoms with Gasteiger partial charge in [0, 0.05) is 12.7 Å². The molecule has 0 radical (unpaired) electrons. The summed E-state index contributed by atoms with van der Waals surface area (Å²) >= 11 is 0. The van der Waals surface area contributed by atoms with E-state index in [1.54, 1.807) is 6.20 Å². The van der Waals surface area contributed by atoms with Crippen LogP contribution in [-0.4, -0.2) is 17.4 Å². The van der Waals surface area contributed by atoms with Gasteiger partial charge in [0.1, 0.15) is 11.9 Å². The first-order chi connectivity index (χ1) is 9.74. The zero-order valence-corrected chi connectivity index (χ0v) is 11.4. The normalized spacial score (nSPS) is 17.4. The van der Waals surface area contributed by atoms with Gasteiger partial charge in [-0.25, -0.2) is 4.98 Å². The lowest BCUT2D eigenvalue weighted by atomic mass is 9.94. The number of anilines is 1. The Bertz CT molecular complexity index is 622. The lowest BCUT2D eigenvalue weighted by molar-refractivity contribution is -0.118. The smallest absolute Gasteiger partial charge is 0.247 e. The van der Waals surface area contributed by atoms with Crippen LogP contribution in [0.3, 0.4) is 0 Å². The number of hydrogen-bond acceptors (Lipinski definition) is 3. The number of amides is 1. The van der Waals surface area contributed by atoms with Gasteiger partial charge < -0.3 is 10.6 Å². The number of carbonyl (C=O) groups excluding carboxylic acids is 1. The minimum absolute atomic E-state index is 0.0616. The van der Waals surface area contributed by atoms with Gasteiger partial charge in [0.25, 0.3) is 0 Å². The predicted octanol–water partition coefficient (Wildman–Crippen LogP) is 2.22. The maximum Gasteiger partial charge on any atom is 0.247 e. The second kappa shape index (κ2) is 5.43. The van der Waals surface area contributed by atoms with Crippen molar-refractivity contribution in [3.63, 3.8) is 0 Å². The van der Waals surface area contributed by atoms with Crippen molar-refractivity contribution in [2.75, 3.05) is 11.9 Å². The third kappa shape index (κ3) is 2.56. The molecule has 1 aliphatic heterocycles. The molecule has 20 heavy (non-hydrogen) atoms. The van der Waals surface area contributed by atoms with Crippen LogP contribution in [0.5, 0.6) is 0 Å². The molecule has 0 saturated carbocycles. The van der Waals surface area contributed by atoms with Gasteiger partial charge in [0.15, 0.2) is 0 Å². The number of rotatable bonds is 2. The lowest BCUT2D eigenvalue weighted by Crippen LogP contribution is -2.38. The van der Waals surface area contributed by atoms with Gasteiger partial charge in [0.05, 0.1) is 0 Å². The second-order valence-electron chi connectivity index (χ2n) is 5.05. The standard InChI is InChI=1S/C16H17N3O/c1-11-6-7-14(18-10-11)19-16(20)15-13-5-3-2-4-12(13)8-9-17-15/h2-7,10,15,17H,8-9H2,1H3,(H,18,19,20). The molecular formula is C16H17N3O. The van der Waals surface area contributed by atoms with E-state index in [2.05, 4.69) is 21.7 Å². The van der Waals surface area contributed by atoms with E-state index < -0.39 is 0 Å². The minimum atomic E-state index is -0.303. The monoisotopic (exact) mass is 267 g/mol. The molecule has 0 bridgehead atoms. The van der Waals surface area contributed by atoms with Gasteiger partial charge in [-0.15, -0.1) is 0 Å². The SMILES string of the molecule is Cc1ccc(NC(=O)C2NCCc3ccccc32)nc1. The van der Waals surface area contributed by atoms with Crippen LogP contribution in [0.4, 0.5) is 5.82 Å². The molecule has 4 nitrogen and oxygen atoms in total. The number of aromatic nitrogens is 1. The molecule has 0 spiro atoms. The van der Waals surface area contributed by atoms with Crippen molar-refractivity contribution in [1.82, 2.24) is 10.3 Å². The third-order valence-electron chi connectivity index (χ3n) is 3.53. The Morgan fingerprint density at radius 2 is 2.15 bits per heavy atom. The van der Waals surface area contributed by atoms with Crippen molar-refractivity contribution in [1.29, 1.82) is 0 Å². The fraction of sp³-hybridized carbons (Fsp3) is 0.250. The van der Waals surface area contributed by atoms with Crippen molar-refractivity contribution >= 4 is 11.7 Å². The Hall–Kier alpha value is -2.20. The molecule has 2 N–H and O–H groups in total. The van der Waals surface area contributed by atoms with Crippen LogP contribution in [0.1, 0.15) is 22.7 Å². The Balaban J connectivity index is 1.80. The summed E-state index contributed by atoms with van der Waals surface area (Å²) in [4.78, 5) is 16.6. The van der Waals surface area contributed by atoms with E-state index in [1.807, 2.05) is 37.3 Å². The van der Waals surface area contributed by atoms with Gasteiger partial charge in [-0.3, -0.25) is 4.79 Å². The number of fused-ring (bicyclic) bond motifs is 1. The van der Waals surface area contributed by atoms with E-state index in [9.17, 15) is 4.79 Å². The zero-order chi connectivity index (χ0) is 13.9. The molecule has 0 fully saturated rings. The molecule has 2 heterocycles. The Morgan fingerprint density at radius 1 is 1.30 bits per heavy atom. The molecule has 102 valence electrons. The number of nitrogens with one attached hydrogen (secondary N) is 2. The van der Waals surface area contributed by atoms with Gasteiger partial charge in [0.2, 0.25) is 5.91 Å². The van der Waals surface area contributed by atoms with Gasteiger partial charge in [-0.1, -0.05) is 30.3 Å². The molecule has 1 unspecified atom stereocenters. The number of pyridine rings is 1. The van der Waals surface area contributed by atoms with E-state index in [0.29, 0.717) is 5.82 Å². The van der Waals surface area contributed by atoms with Gasteiger partial charge in [-0.05, 0) is 36.1 Å². The molecule has 0 aliphatic carbocycles. The summed E-state index contributed by atoms with van der Waals surface area (Å²) in [5.74, 6) is 0.527. The summed E-state index contributed by atoms with van der Waals surface area (Å²) in [7, 11) is 0. The molecule has 1 aromatic carbocycles. The molecule has 1 atom stereocenters. The topological polar surface area (TPSA) is 54.0 Å². The summed E-state index contributed by atoms with van der Waals surface area (Å²) in [6.45, 7) is 2.79. The van der Waals surface area contributed by atoms with Crippen LogP contribution >= 0.6 is 0 Å². The highest BCUT2D eigenvalue weighted by molar-refractivity contribution is 5.95. The van der Waals surface area contributed by atoms with Gasteiger partial charge >= 0.3 is 0 Å². The van der Waals surface area contributed by atoms with Crippen molar-refractivity contribution in [3.8, 4) is 0 Å². The number of aryl methyl sites for hydroxylation is 1.